The summed E-state index contributed by atoms with van der Waals surface area (Å²) in [6, 6.07) is 11.9. The average Bonchev–Trinajstić information content (AvgIpc) is 2.46. The molecule has 0 atom stereocenters. The maximum absolute atomic E-state index is 13.1. The van der Waals surface area contributed by atoms with Gasteiger partial charge in [-0.3, -0.25) is 0 Å². The van der Waals surface area contributed by atoms with Crippen molar-refractivity contribution in [2.45, 2.75) is 6.18 Å². The summed E-state index contributed by atoms with van der Waals surface area (Å²) in [5, 5.41) is 7.08. The lowest BCUT2D eigenvalue weighted by Gasteiger charge is -2.13. The third-order valence-electron chi connectivity index (χ3n) is 2.81. The van der Waals surface area contributed by atoms with Crippen molar-refractivity contribution in [3.8, 4) is 11.1 Å². The van der Waals surface area contributed by atoms with Crippen molar-refractivity contribution < 1.29 is 13.2 Å². The number of rotatable bonds is 3. The lowest BCUT2D eigenvalue weighted by Crippen LogP contribution is -2.21. The Bertz CT molecular complexity index is 723. The molecule has 2 aromatic carbocycles. The molecule has 0 bridgehead atoms. The number of nitrogens with two attached hydrogens (primary N) is 2. The minimum Gasteiger partial charge on any atom is -0.369 e. The predicted molar refractivity (Wildman–Crippen MR) is 87.5 cm³/mol. The minimum absolute atomic E-state index is 0. The fourth-order valence-corrected chi connectivity index (χ4v) is 1.93. The summed E-state index contributed by atoms with van der Waals surface area (Å²) >= 11 is 0. The number of hydrogen-bond acceptors (Lipinski definition) is 2. The summed E-state index contributed by atoms with van der Waals surface area (Å²) in [7, 11) is 0. The Balaban J connectivity index is 0.00000264. The first-order valence-electron chi connectivity index (χ1n) is 6.26. The van der Waals surface area contributed by atoms with Crippen LogP contribution in [0.15, 0.2) is 58.7 Å². The zero-order valence-corrected chi connectivity index (χ0v) is 12.6. The normalized spacial score (nSPS) is 11.1. The SMILES string of the molecule is Cl.NC(N)=NN=Cc1cccc(-c2ccccc2C(F)(F)F)c1. The quantitative estimate of drug-likeness (QED) is 0.509. The first-order valence-corrected chi connectivity index (χ1v) is 6.26. The van der Waals surface area contributed by atoms with Gasteiger partial charge < -0.3 is 11.5 Å². The first-order chi connectivity index (χ1) is 10.4. The standard InChI is InChI=1S/C15H13F3N4.ClH/c16-15(17,18)13-7-2-1-6-12(13)11-5-3-4-10(8-11)9-21-22-14(19)20;/h1-9H,(H4,19,20,22);1H. The van der Waals surface area contributed by atoms with Gasteiger partial charge in [-0.15, -0.1) is 17.5 Å². The highest BCUT2D eigenvalue weighted by Crippen LogP contribution is 2.36. The Morgan fingerprint density at radius 3 is 2.35 bits per heavy atom. The van der Waals surface area contributed by atoms with Crippen LogP contribution in [0.2, 0.25) is 0 Å². The first kappa shape index (κ1) is 18.5. The molecule has 0 fully saturated rings. The van der Waals surface area contributed by atoms with Crippen LogP contribution in [0.3, 0.4) is 0 Å². The van der Waals surface area contributed by atoms with E-state index in [1.165, 1.54) is 18.3 Å². The summed E-state index contributed by atoms with van der Waals surface area (Å²) in [5.41, 5.74) is 10.7. The van der Waals surface area contributed by atoms with Crippen LogP contribution >= 0.6 is 12.4 Å². The highest BCUT2D eigenvalue weighted by Gasteiger charge is 2.33. The number of alkyl halides is 3. The number of guanidine groups is 1. The molecule has 0 aromatic heterocycles. The van der Waals surface area contributed by atoms with Crippen LogP contribution in [0.1, 0.15) is 11.1 Å². The monoisotopic (exact) mass is 342 g/mol. The van der Waals surface area contributed by atoms with E-state index < -0.39 is 11.7 Å². The van der Waals surface area contributed by atoms with Gasteiger partial charge in [0.1, 0.15) is 0 Å². The topological polar surface area (TPSA) is 76.8 Å². The molecule has 0 heterocycles. The van der Waals surface area contributed by atoms with E-state index in [0.29, 0.717) is 11.1 Å². The van der Waals surface area contributed by atoms with Gasteiger partial charge in [-0.2, -0.15) is 18.3 Å². The molecule has 2 aromatic rings. The highest BCUT2D eigenvalue weighted by molar-refractivity contribution is 5.85. The van der Waals surface area contributed by atoms with Gasteiger partial charge in [0.15, 0.2) is 0 Å². The average molecular weight is 343 g/mol. The number of benzene rings is 2. The molecule has 0 aliphatic rings. The van der Waals surface area contributed by atoms with E-state index in [1.54, 1.807) is 30.3 Å². The van der Waals surface area contributed by atoms with Gasteiger partial charge >= 0.3 is 6.18 Å². The van der Waals surface area contributed by atoms with Crippen LogP contribution in [0.4, 0.5) is 13.2 Å². The highest BCUT2D eigenvalue weighted by atomic mass is 35.5. The van der Waals surface area contributed by atoms with Crippen LogP contribution in [0, 0.1) is 0 Å². The van der Waals surface area contributed by atoms with Gasteiger partial charge in [0.05, 0.1) is 11.8 Å². The lowest BCUT2D eigenvalue weighted by molar-refractivity contribution is -0.137. The van der Waals surface area contributed by atoms with Crippen LogP contribution in [0.25, 0.3) is 11.1 Å². The molecular formula is C15H14ClF3N4. The van der Waals surface area contributed by atoms with Crippen molar-refractivity contribution in [3.63, 3.8) is 0 Å². The Kier molecular flexibility index (Phi) is 6.15. The summed E-state index contributed by atoms with van der Waals surface area (Å²) < 4.78 is 39.2. The summed E-state index contributed by atoms with van der Waals surface area (Å²) in [6.45, 7) is 0. The van der Waals surface area contributed by atoms with Gasteiger partial charge in [0.25, 0.3) is 0 Å². The molecule has 4 nitrogen and oxygen atoms in total. The van der Waals surface area contributed by atoms with E-state index in [9.17, 15) is 13.2 Å². The van der Waals surface area contributed by atoms with Gasteiger partial charge in [0, 0.05) is 0 Å². The van der Waals surface area contributed by atoms with Crippen LogP contribution in [-0.2, 0) is 6.18 Å². The maximum atomic E-state index is 13.1. The van der Waals surface area contributed by atoms with Crippen LogP contribution in [0.5, 0.6) is 0 Å². The molecule has 2 rings (SSSR count). The van der Waals surface area contributed by atoms with Crippen molar-refractivity contribution in [1.29, 1.82) is 0 Å². The van der Waals surface area contributed by atoms with Gasteiger partial charge in [0.2, 0.25) is 5.96 Å². The molecule has 0 aliphatic carbocycles. The third-order valence-corrected chi connectivity index (χ3v) is 2.81. The Labute approximate surface area is 137 Å². The zero-order chi connectivity index (χ0) is 16.2. The molecular weight excluding hydrogens is 329 g/mol. The molecule has 23 heavy (non-hydrogen) atoms. The van der Waals surface area contributed by atoms with E-state index >= 15 is 0 Å². The van der Waals surface area contributed by atoms with Crippen molar-refractivity contribution in [1.82, 2.24) is 0 Å². The molecule has 0 saturated carbocycles. The maximum Gasteiger partial charge on any atom is 0.417 e. The fourth-order valence-electron chi connectivity index (χ4n) is 1.93. The fraction of sp³-hybridized carbons (Fsp3) is 0.0667. The zero-order valence-electron chi connectivity index (χ0n) is 11.8. The summed E-state index contributed by atoms with van der Waals surface area (Å²) in [4.78, 5) is 0. The van der Waals surface area contributed by atoms with Crippen molar-refractivity contribution >= 4 is 24.6 Å². The minimum atomic E-state index is -4.42. The molecule has 8 heteroatoms. The Morgan fingerprint density at radius 2 is 1.70 bits per heavy atom. The van der Waals surface area contributed by atoms with Crippen LogP contribution < -0.4 is 11.5 Å². The molecule has 0 radical (unpaired) electrons. The molecule has 0 spiro atoms. The number of halogens is 4. The molecule has 0 saturated heterocycles. The predicted octanol–water partition coefficient (Wildman–Crippen LogP) is 3.40. The summed E-state index contributed by atoms with van der Waals surface area (Å²) in [5.74, 6) is -0.199. The molecule has 0 unspecified atom stereocenters. The van der Waals surface area contributed by atoms with E-state index in [-0.39, 0.29) is 23.9 Å². The second-order valence-electron chi connectivity index (χ2n) is 4.44. The van der Waals surface area contributed by atoms with Crippen molar-refractivity contribution in [3.05, 3.63) is 59.7 Å². The number of hydrogen-bond donors (Lipinski definition) is 2. The van der Waals surface area contributed by atoms with Crippen molar-refractivity contribution in [2.75, 3.05) is 0 Å². The molecule has 122 valence electrons. The number of nitrogens with zero attached hydrogens (tertiary/aromatic N) is 2. The van der Waals surface area contributed by atoms with E-state index in [4.69, 9.17) is 11.5 Å². The van der Waals surface area contributed by atoms with E-state index in [2.05, 4.69) is 10.2 Å². The third kappa shape index (κ3) is 5.00. The second kappa shape index (κ2) is 7.64. The Hall–Kier alpha value is -2.54. The largest absolute Gasteiger partial charge is 0.417 e. The molecule has 0 aliphatic heterocycles. The lowest BCUT2D eigenvalue weighted by atomic mass is 9.98. The second-order valence-corrected chi connectivity index (χ2v) is 4.44. The van der Waals surface area contributed by atoms with E-state index in [0.717, 1.165) is 6.07 Å². The summed E-state index contributed by atoms with van der Waals surface area (Å²) in [6.07, 6.45) is -3.06. The Morgan fingerprint density at radius 1 is 1.00 bits per heavy atom. The van der Waals surface area contributed by atoms with E-state index in [1.807, 2.05) is 0 Å². The molecule has 4 N–H and O–H groups in total. The molecule has 0 amide bonds. The van der Waals surface area contributed by atoms with Gasteiger partial charge in [-0.25, -0.2) is 0 Å². The smallest absolute Gasteiger partial charge is 0.369 e. The van der Waals surface area contributed by atoms with Crippen LogP contribution in [-0.4, -0.2) is 12.2 Å². The van der Waals surface area contributed by atoms with Gasteiger partial charge in [-0.05, 0) is 28.8 Å². The van der Waals surface area contributed by atoms with Gasteiger partial charge in [-0.1, -0.05) is 36.4 Å². The van der Waals surface area contributed by atoms with Crippen molar-refractivity contribution in [2.24, 2.45) is 21.7 Å².